The van der Waals surface area contributed by atoms with Crippen LogP contribution < -0.4 is 10.5 Å². The first-order valence-corrected chi connectivity index (χ1v) is 6.24. The lowest BCUT2D eigenvalue weighted by atomic mass is 10.1. The van der Waals surface area contributed by atoms with Crippen LogP contribution in [0.4, 0.5) is 0 Å². The van der Waals surface area contributed by atoms with Gasteiger partial charge in [0.1, 0.15) is 5.75 Å². The Balaban J connectivity index is 1.99. The summed E-state index contributed by atoms with van der Waals surface area (Å²) in [5, 5.41) is 21.5. The van der Waals surface area contributed by atoms with Gasteiger partial charge in [-0.3, -0.25) is 0 Å². The van der Waals surface area contributed by atoms with Gasteiger partial charge >= 0.3 is 0 Å². The van der Waals surface area contributed by atoms with E-state index in [9.17, 15) is 0 Å². The average Bonchev–Trinajstić information content (AvgIpc) is 2.54. The van der Waals surface area contributed by atoms with Gasteiger partial charge < -0.3 is 15.7 Å². The van der Waals surface area contributed by atoms with E-state index in [1.54, 1.807) is 6.07 Å². The summed E-state index contributed by atoms with van der Waals surface area (Å²) < 4.78 is 5.70. The van der Waals surface area contributed by atoms with Crippen molar-refractivity contribution >= 4 is 16.6 Å². The summed E-state index contributed by atoms with van der Waals surface area (Å²) in [5.41, 5.74) is 5.97. The minimum absolute atomic E-state index is 0.0827. The normalized spacial score (nSPS) is 11.5. The highest BCUT2D eigenvalue weighted by molar-refractivity contribution is 5.99. The Kier molecular flexibility index (Phi) is 3.34. The van der Waals surface area contributed by atoms with Crippen LogP contribution in [0.25, 0.3) is 10.8 Å². The predicted molar refractivity (Wildman–Crippen MR) is 78.6 cm³/mol. The molecule has 0 fully saturated rings. The largest absolute Gasteiger partial charge is 0.437 e. The standard InChI is InChI=1S/C15H12N4O2/c16-14(19-20)13-7-8-17-18-15(13)21-12-6-5-10-3-1-2-4-11(10)9-12/h1-9,20H,(H2,16,19). The van der Waals surface area contributed by atoms with Crippen LogP contribution in [0, 0.1) is 0 Å². The molecule has 0 spiro atoms. The van der Waals surface area contributed by atoms with Crippen molar-refractivity contribution < 1.29 is 9.94 Å². The molecule has 1 aromatic heterocycles. The number of amidine groups is 1. The highest BCUT2D eigenvalue weighted by Crippen LogP contribution is 2.26. The van der Waals surface area contributed by atoms with Gasteiger partial charge in [-0.2, -0.15) is 5.10 Å². The highest BCUT2D eigenvalue weighted by atomic mass is 16.5. The molecule has 6 nitrogen and oxygen atoms in total. The predicted octanol–water partition coefficient (Wildman–Crippen LogP) is 2.52. The smallest absolute Gasteiger partial charge is 0.250 e. The van der Waals surface area contributed by atoms with Crippen molar-refractivity contribution in [1.82, 2.24) is 10.2 Å². The Morgan fingerprint density at radius 1 is 1.10 bits per heavy atom. The minimum Gasteiger partial charge on any atom is -0.437 e. The van der Waals surface area contributed by atoms with E-state index in [4.69, 9.17) is 15.7 Å². The Morgan fingerprint density at radius 3 is 2.71 bits per heavy atom. The maximum absolute atomic E-state index is 8.78. The molecule has 0 bridgehead atoms. The maximum Gasteiger partial charge on any atom is 0.250 e. The zero-order valence-electron chi connectivity index (χ0n) is 11.0. The fourth-order valence-electron chi connectivity index (χ4n) is 1.99. The lowest BCUT2D eigenvalue weighted by Crippen LogP contribution is -2.15. The second-order valence-corrected chi connectivity index (χ2v) is 4.35. The Hall–Kier alpha value is -3.15. The highest BCUT2D eigenvalue weighted by Gasteiger charge is 2.11. The number of hydrogen-bond acceptors (Lipinski definition) is 5. The zero-order valence-corrected chi connectivity index (χ0v) is 11.0. The number of fused-ring (bicyclic) bond motifs is 1. The maximum atomic E-state index is 8.78. The van der Waals surface area contributed by atoms with Crippen molar-refractivity contribution in [3.05, 3.63) is 60.3 Å². The molecule has 0 aliphatic carbocycles. The van der Waals surface area contributed by atoms with Crippen molar-refractivity contribution in [2.24, 2.45) is 10.9 Å². The van der Waals surface area contributed by atoms with Crippen LogP contribution in [0.3, 0.4) is 0 Å². The Morgan fingerprint density at radius 2 is 1.90 bits per heavy atom. The van der Waals surface area contributed by atoms with E-state index in [1.165, 1.54) is 6.20 Å². The summed E-state index contributed by atoms with van der Waals surface area (Å²) in [6.45, 7) is 0. The van der Waals surface area contributed by atoms with Crippen LogP contribution in [0.5, 0.6) is 11.6 Å². The number of ether oxygens (including phenoxy) is 1. The molecular formula is C15H12N4O2. The molecule has 3 aromatic rings. The quantitative estimate of drug-likeness (QED) is 0.333. The van der Waals surface area contributed by atoms with Crippen LogP contribution in [-0.4, -0.2) is 21.2 Å². The van der Waals surface area contributed by atoms with Gasteiger partial charge in [0.15, 0.2) is 5.84 Å². The van der Waals surface area contributed by atoms with Crippen LogP contribution in [-0.2, 0) is 0 Å². The molecule has 0 saturated carbocycles. The molecule has 0 saturated heterocycles. The van der Waals surface area contributed by atoms with Gasteiger partial charge in [-0.1, -0.05) is 35.5 Å². The fraction of sp³-hybridized carbons (Fsp3) is 0. The zero-order chi connectivity index (χ0) is 14.7. The molecule has 3 rings (SSSR count). The van der Waals surface area contributed by atoms with Gasteiger partial charge in [0.05, 0.1) is 11.8 Å². The number of benzene rings is 2. The summed E-state index contributed by atoms with van der Waals surface area (Å²) in [4.78, 5) is 0. The van der Waals surface area contributed by atoms with Crippen molar-refractivity contribution in [2.75, 3.05) is 0 Å². The molecule has 0 aliphatic heterocycles. The van der Waals surface area contributed by atoms with Gasteiger partial charge in [-0.05, 0) is 29.0 Å². The molecule has 1 heterocycles. The third-order valence-corrected chi connectivity index (χ3v) is 3.01. The number of aromatic nitrogens is 2. The molecular weight excluding hydrogens is 268 g/mol. The molecule has 0 unspecified atom stereocenters. The number of nitrogens with zero attached hydrogens (tertiary/aromatic N) is 3. The van der Waals surface area contributed by atoms with Crippen molar-refractivity contribution in [3.8, 4) is 11.6 Å². The lowest BCUT2D eigenvalue weighted by molar-refractivity contribution is 0.318. The SMILES string of the molecule is N/C(=N/O)c1ccnnc1Oc1ccc2ccccc2c1. The average molecular weight is 280 g/mol. The van der Waals surface area contributed by atoms with Gasteiger partial charge in [0.2, 0.25) is 5.88 Å². The van der Waals surface area contributed by atoms with Crippen LogP contribution in [0.1, 0.15) is 5.56 Å². The van der Waals surface area contributed by atoms with E-state index < -0.39 is 0 Å². The van der Waals surface area contributed by atoms with E-state index in [-0.39, 0.29) is 11.7 Å². The number of rotatable bonds is 3. The third-order valence-electron chi connectivity index (χ3n) is 3.01. The van der Waals surface area contributed by atoms with Crippen LogP contribution in [0.2, 0.25) is 0 Å². The first kappa shape index (κ1) is 12.9. The van der Waals surface area contributed by atoms with E-state index in [0.717, 1.165) is 10.8 Å². The van der Waals surface area contributed by atoms with Gasteiger partial charge in [0.25, 0.3) is 0 Å². The molecule has 104 valence electrons. The number of oxime groups is 1. The van der Waals surface area contributed by atoms with Crippen molar-refractivity contribution in [3.63, 3.8) is 0 Å². The minimum atomic E-state index is -0.0827. The summed E-state index contributed by atoms with van der Waals surface area (Å²) in [7, 11) is 0. The summed E-state index contributed by atoms with van der Waals surface area (Å²) in [5.74, 6) is 0.699. The molecule has 2 aromatic carbocycles. The monoisotopic (exact) mass is 280 g/mol. The molecule has 0 aliphatic rings. The summed E-state index contributed by atoms with van der Waals surface area (Å²) >= 11 is 0. The first-order valence-electron chi connectivity index (χ1n) is 6.24. The second-order valence-electron chi connectivity index (χ2n) is 4.35. The van der Waals surface area contributed by atoms with E-state index in [2.05, 4.69) is 15.4 Å². The summed E-state index contributed by atoms with van der Waals surface area (Å²) in [6, 6.07) is 15.2. The Bertz CT molecular complexity index is 817. The fourth-order valence-corrected chi connectivity index (χ4v) is 1.99. The Labute approximate surface area is 120 Å². The van der Waals surface area contributed by atoms with Crippen LogP contribution in [0.15, 0.2) is 59.9 Å². The molecule has 21 heavy (non-hydrogen) atoms. The summed E-state index contributed by atoms with van der Waals surface area (Å²) in [6.07, 6.45) is 1.45. The van der Waals surface area contributed by atoms with Gasteiger partial charge in [0, 0.05) is 0 Å². The van der Waals surface area contributed by atoms with E-state index >= 15 is 0 Å². The molecule has 3 N–H and O–H groups in total. The molecule has 0 amide bonds. The topological polar surface area (TPSA) is 93.6 Å². The van der Waals surface area contributed by atoms with Gasteiger partial charge in [-0.25, -0.2) is 0 Å². The second kappa shape index (κ2) is 5.46. The molecule has 0 atom stereocenters. The number of nitrogens with two attached hydrogens (primary N) is 1. The number of hydrogen-bond donors (Lipinski definition) is 2. The van der Waals surface area contributed by atoms with Gasteiger partial charge in [-0.15, -0.1) is 5.10 Å². The van der Waals surface area contributed by atoms with E-state index in [1.807, 2.05) is 42.5 Å². The van der Waals surface area contributed by atoms with E-state index in [0.29, 0.717) is 11.3 Å². The molecule has 0 radical (unpaired) electrons. The third kappa shape index (κ3) is 2.59. The van der Waals surface area contributed by atoms with Crippen LogP contribution >= 0.6 is 0 Å². The lowest BCUT2D eigenvalue weighted by Gasteiger charge is -2.08. The van der Waals surface area contributed by atoms with Crippen molar-refractivity contribution in [2.45, 2.75) is 0 Å². The first-order chi connectivity index (χ1) is 10.3. The molecule has 6 heteroatoms. The van der Waals surface area contributed by atoms with Crippen molar-refractivity contribution in [1.29, 1.82) is 0 Å².